The molecule has 2 aromatic rings. The minimum Gasteiger partial charge on any atom is -0.494 e. The molecule has 152 valence electrons. The van der Waals surface area contributed by atoms with E-state index < -0.39 is 23.6 Å². The van der Waals surface area contributed by atoms with E-state index in [9.17, 15) is 22.8 Å². The monoisotopic (exact) mass is 404 g/mol. The van der Waals surface area contributed by atoms with Gasteiger partial charge in [-0.1, -0.05) is 25.1 Å². The van der Waals surface area contributed by atoms with Gasteiger partial charge < -0.3 is 10.1 Å². The molecule has 0 aliphatic carbocycles. The van der Waals surface area contributed by atoms with Crippen LogP contribution in [0, 0.1) is 0 Å². The summed E-state index contributed by atoms with van der Waals surface area (Å²) in [5.74, 6) is -0.533. The molecule has 1 aliphatic heterocycles. The molecule has 5 nitrogen and oxygen atoms in total. The van der Waals surface area contributed by atoms with Crippen LogP contribution in [0.25, 0.3) is 5.57 Å². The second kappa shape index (κ2) is 7.98. The van der Waals surface area contributed by atoms with Crippen molar-refractivity contribution in [3.8, 4) is 5.75 Å². The highest BCUT2D eigenvalue weighted by Gasteiger charge is 2.37. The normalized spacial score (nSPS) is 14.6. The predicted octanol–water partition coefficient (Wildman–Crippen LogP) is 4.32. The Morgan fingerprint density at radius 3 is 2.34 bits per heavy atom. The van der Waals surface area contributed by atoms with E-state index in [1.165, 1.54) is 19.2 Å². The van der Waals surface area contributed by atoms with E-state index >= 15 is 0 Å². The fraction of sp³-hybridized carbons (Fsp3) is 0.238. The molecular formula is C21H19F3N2O3. The largest absolute Gasteiger partial charge is 0.494 e. The van der Waals surface area contributed by atoms with Crippen LogP contribution >= 0.6 is 0 Å². The summed E-state index contributed by atoms with van der Waals surface area (Å²) in [4.78, 5) is 26.1. The first kappa shape index (κ1) is 20.4. The molecule has 0 bridgehead atoms. The summed E-state index contributed by atoms with van der Waals surface area (Å²) in [6.07, 6.45) is -3.68. The van der Waals surface area contributed by atoms with Gasteiger partial charge in [-0.25, -0.2) is 0 Å². The standard InChI is InChI=1S/C21H19F3N2O3/c1-3-11-29-16-9-7-13(8-10-16)17-18(20(28)26(2)19(17)27)25-15-6-4-5-14(12-15)21(22,23)24/h4-10,12,25H,3,11H2,1-2H3. The number of benzene rings is 2. The molecule has 0 spiro atoms. The van der Waals surface area contributed by atoms with E-state index in [1.807, 2.05) is 6.92 Å². The smallest absolute Gasteiger partial charge is 0.416 e. The number of halogens is 3. The van der Waals surface area contributed by atoms with Gasteiger partial charge in [-0.15, -0.1) is 0 Å². The lowest BCUT2D eigenvalue weighted by atomic mass is 10.0. The first-order valence-corrected chi connectivity index (χ1v) is 8.96. The summed E-state index contributed by atoms with van der Waals surface area (Å²) in [5, 5.41) is 2.70. The molecule has 29 heavy (non-hydrogen) atoms. The molecule has 0 saturated heterocycles. The van der Waals surface area contributed by atoms with Crippen molar-refractivity contribution in [1.82, 2.24) is 4.90 Å². The number of amides is 2. The van der Waals surface area contributed by atoms with E-state index in [0.717, 1.165) is 23.5 Å². The number of alkyl halides is 3. The number of nitrogens with zero attached hydrogens (tertiary/aromatic N) is 1. The topological polar surface area (TPSA) is 58.6 Å². The van der Waals surface area contributed by atoms with Crippen molar-refractivity contribution >= 4 is 23.1 Å². The summed E-state index contributed by atoms with van der Waals surface area (Å²) in [6, 6.07) is 11.1. The maximum atomic E-state index is 13.0. The summed E-state index contributed by atoms with van der Waals surface area (Å²) < 4.78 is 44.4. The molecule has 1 aliphatic rings. The van der Waals surface area contributed by atoms with Crippen molar-refractivity contribution in [2.75, 3.05) is 19.0 Å². The van der Waals surface area contributed by atoms with Crippen molar-refractivity contribution in [3.05, 3.63) is 65.4 Å². The second-order valence-electron chi connectivity index (χ2n) is 6.50. The number of anilines is 1. The molecule has 0 saturated carbocycles. The fourth-order valence-electron chi connectivity index (χ4n) is 2.88. The number of carbonyl (C=O) groups is 2. The molecule has 0 aromatic heterocycles. The zero-order chi connectivity index (χ0) is 21.2. The van der Waals surface area contributed by atoms with Crippen molar-refractivity contribution in [2.24, 2.45) is 0 Å². The van der Waals surface area contributed by atoms with Gasteiger partial charge in [-0.2, -0.15) is 13.2 Å². The Bertz CT molecular complexity index is 966. The van der Waals surface area contributed by atoms with Crippen LogP contribution in [0.3, 0.4) is 0 Å². The Morgan fingerprint density at radius 2 is 1.72 bits per heavy atom. The Hall–Kier alpha value is -3.29. The summed E-state index contributed by atoms with van der Waals surface area (Å²) in [7, 11) is 1.32. The Morgan fingerprint density at radius 1 is 1.03 bits per heavy atom. The highest BCUT2D eigenvalue weighted by Crippen LogP contribution is 2.33. The van der Waals surface area contributed by atoms with Crippen LogP contribution in [0.2, 0.25) is 0 Å². The number of ether oxygens (including phenoxy) is 1. The van der Waals surface area contributed by atoms with E-state index in [-0.39, 0.29) is 17.0 Å². The third-order valence-corrected chi connectivity index (χ3v) is 4.36. The van der Waals surface area contributed by atoms with E-state index in [0.29, 0.717) is 17.9 Å². The molecule has 0 unspecified atom stereocenters. The first-order chi connectivity index (χ1) is 13.7. The Balaban J connectivity index is 1.98. The van der Waals surface area contributed by atoms with Crippen molar-refractivity contribution in [3.63, 3.8) is 0 Å². The summed E-state index contributed by atoms with van der Waals surface area (Å²) in [5.41, 5.74) is -0.305. The molecule has 3 rings (SSSR count). The van der Waals surface area contributed by atoms with E-state index in [4.69, 9.17) is 4.74 Å². The number of imide groups is 1. The molecule has 1 N–H and O–H groups in total. The Kier molecular flexibility index (Phi) is 5.63. The van der Waals surface area contributed by atoms with Gasteiger partial charge in [0.15, 0.2) is 0 Å². The lowest BCUT2D eigenvalue weighted by Gasteiger charge is -2.12. The molecule has 2 amide bonds. The van der Waals surface area contributed by atoms with Crippen LogP contribution in [-0.4, -0.2) is 30.4 Å². The van der Waals surface area contributed by atoms with Gasteiger partial charge in [0, 0.05) is 12.7 Å². The zero-order valence-electron chi connectivity index (χ0n) is 15.8. The van der Waals surface area contributed by atoms with Gasteiger partial charge in [0.2, 0.25) is 0 Å². The number of nitrogens with one attached hydrogen (secondary N) is 1. The average molecular weight is 404 g/mol. The molecule has 2 aromatic carbocycles. The fourth-order valence-corrected chi connectivity index (χ4v) is 2.88. The lowest BCUT2D eigenvalue weighted by molar-refractivity contribution is -0.137. The van der Waals surface area contributed by atoms with Gasteiger partial charge in [0.25, 0.3) is 11.8 Å². The van der Waals surface area contributed by atoms with Crippen LogP contribution in [0.15, 0.2) is 54.2 Å². The molecular weight excluding hydrogens is 385 g/mol. The quantitative estimate of drug-likeness (QED) is 0.729. The van der Waals surface area contributed by atoms with Crippen LogP contribution in [0.4, 0.5) is 18.9 Å². The van der Waals surface area contributed by atoms with Crippen LogP contribution < -0.4 is 10.1 Å². The van der Waals surface area contributed by atoms with Gasteiger partial charge >= 0.3 is 6.18 Å². The highest BCUT2D eigenvalue weighted by atomic mass is 19.4. The minimum atomic E-state index is -4.52. The number of hydrogen-bond donors (Lipinski definition) is 1. The number of hydrogen-bond acceptors (Lipinski definition) is 4. The number of likely N-dealkylation sites (N-methyl/N-ethyl adjacent to an activating group) is 1. The van der Waals surface area contributed by atoms with Crippen molar-refractivity contribution < 1.29 is 27.5 Å². The second-order valence-corrected chi connectivity index (χ2v) is 6.50. The summed E-state index contributed by atoms with van der Waals surface area (Å²) in [6.45, 7) is 2.52. The van der Waals surface area contributed by atoms with E-state index in [2.05, 4.69) is 5.32 Å². The molecule has 0 radical (unpaired) electrons. The molecule has 1 heterocycles. The highest BCUT2D eigenvalue weighted by molar-refractivity contribution is 6.36. The predicted molar refractivity (Wildman–Crippen MR) is 102 cm³/mol. The van der Waals surface area contributed by atoms with Gasteiger partial charge in [0.1, 0.15) is 11.4 Å². The van der Waals surface area contributed by atoms with Crippen molar-refractivity contribution in [1.29, 1.82) is 0 Å². The maximum Gasteiger partial charge on any atom is 0.416 e. The first-order valence-electron chi connectivity index (χ1n) is 8.96. The maximum absolute atomic E-state index is 13.0. The van der Waals surface area contributed by atoms with Gasteiger partial charge in [-0.05, 0) is 42.3 Å². The van der Waals surface area contributed by atoms with Crippen LogP contribution in [0.5, 0.6) is 5.75 Å². The van der Waals surface area contributed by atoms with E-state index in [1.54, 1.807) is 24.3 Å². The average Bonchev–Trinajstić information content (AvgIpc) is 2.90. The minimum absolute atomic E-state index is 0.0617. The molecule has 0 atom stereocenters. The SMILES string of the molecule is CCCOc1ccc(C2=C(Nc3cccc(C(F)(F)F)c3)C(=O)N(C)C2=O)cc1. The third kappa shape index (κ3) is 4.26. The zero-order valence-corrected chi connectivity index (χ0v) is 15.8. The number of carbonyl (C=O) groups excluding carboxylic acids is 2. The molecule has 8 heteroatoms. The lowest BCUT2D eigenvalue weighted by Crippen LogP contribution is -2.27. The Labute approximate surface area is 165 Å². The van der Waals surface area contributed by atoms with Crippen molar-refractivity contribution in [2.45, 2.75) is 19.5 Å². The summed E-state index contributed by atoms with van der Waals surface area (Å²) >= 11 is 0. The third-order valence-electron chi connectivity index (χ3n) is 4.36. The molecule has 0 fully saturated rings. The van der Waals surface area contributed by atoms with Crippen LogP contribution in [-0.2, 0) is 15.8 Å². The van der Waals surface area contributed by atoms with Gasteiger partial charge in [0.05, 0.1) is 17.7 Å². The van der Waals surface area contributed by atoms with Gasteiger partial charge in [-0.3, -0.25) is 14.5 Å². The number of rotatable bonds is 6. The van der Waals surface area contributed by atoms with Crippen LogP contribution in [0.1, 0.15) is 24.5 Å².